The molecule has 1 atom stereocenters. The highest BCUT2D eigenvalue weighted by Crippen LogP contribution is 2.27. The predicted octanol–water partition coefficient (Wildman–Crippen LogP) is 2.95. The van der Waals surface area contributed by atoms with Gasteiger partial charge in [0, 0.05) is 24.0 Å². The maximum atomic E-state index is 5.82. The summed E-state index contributed by atoms with van der Waals surface area (Å²) in [7, 11) is 0. The summed E-state index contributed by atoms with van der Waals surface area (Å²) in [5, 5.41) is 3.57. The lowest BCUT2D eigenvalue weighted by Crippen LogP contribution is -2.40. The largest absolute Gasteiger partial charge is 0.399 e. The Bertz CT molecular complexity index is 401. The van der Waals surface area contributed by atoms with Crippen molar-refractivity contribution >= 4 is 11.4 Å². The number of ether oxygens (including phenoxy) is 1. The normalized spacial score (nSPS) is 23.4. The van der Waals surface area contributed by atoms with E-state index in [1.807, 2.05) is 19.1 Å². The van der Waals surface area contributed by atoms with Crippen molar-refractivity contribution in [3.63, 3.8) is 0 Å². The molecule has 0 amide bonds. The molecule has 1 unspecified atom stereocenters. The van der Waals surface area contributed by atoms with E-state index < -0.39 is 0 Å². The second-order valence-corrected chi connectivity index (χ2v) is 5.51. The van der Waals surface area contributed by atoms with E-state index in [0.717, 1.165) is 36.4 Å². The smallest absolute Gasteiger partial charge is 0.0646 e. The molecule has 1 fully saturated rings. The van der Waals surface area contributed by atoms with Gasteiger partial charge in [-0.05, 0) is 57.4 Å². The molecule has 17 heavy (non-hydrogen) atoms. The average molecular weight is 234 g/mol. The zero-order valence-electron chi connectivity index (χ0n) is 10.9. The lowest BCUT2D eigenvalue weighted by atomic mass is 9.93. The van der Waals surface area contributed by atoms with Gasteiger partial charge in [0.25, 0.3) is 0 Å². The zero-order valence-corrected chi connectivity index (χ0v) is 10.9. The minimum absolute atomic E-state index is 0.0151. The molecule has 1 saturated heterocycles. The van der Waals surface area contributed by atoms with E-state index in [2.05, 4.69) is 25.2 Å². The molecule has 0 radical (unpaired) electrons. The van der Waals surface area contributed by atoms with Gasteiger partial charge in [-0.15, -0.1) is 0 Å². The summed E-state index contributed by atoms with van der Waals surface area (Å²) in [6.07, 6.45) is 2.10. The molecule has 94 valence electrons. The summed E-state index contributed by atoms with van der Waals surface area (Å²) in [5.74, 6) is 0. The van der Waals surface area contributed by atoms with Crippen LogP contribution < -0.4 is 11.1 Å². The van der Waals surface area contributed by atoms with Crippen molar-refractivity contribution in [2.45, 2.75) is 45.3 Å². The fourth-order valence-electron chi connectivity index (χ4n) is 2.36. The first-order valence-corrected chi connectivity index (χ1v) is 6.23. The number of nitrogens with one attached hydrogen (secondary N) is 1. The van der Waals surface area contributed by atoms with Crippen LogP contribution in [0, 0.1) is 6.92 Å². The second-order valence-electron chi connectivity index (χ2n) is 5.51. The van der Waals surface area contributed by atoms with E-state index in [4.69, 9.17) is 10.5 Å². The molecule has 0 spiro atoms. The number of hydrogen-bond donors (Lipinski definition) is 2. The van der Waals surface area contributed by atoms with Gasteiger partial charge in [0.05, 0.1) is 5.60 Å². The van der Waals surface area contributed by atoms with Crippen molar-refractivity contribution < 1.29 is 4.74 Å². The molecule has 1 aliphatic rings. The van der Waals surface area contributed by atoms with Crippen molar-refractivity contribution in [1.82, 2.24) is 0 Å². The molecule has 2 rings (SSSR count). The van der Waals surface area contributed by atoms with Crippen LogP contribution in [-0.4, -0.2) is 18.2 Å². The Hall–Kier alpha value is -1.22. The first kappa shape index (κ1) is 12.2. The highest BCUT2D eigenvalue weighted by atomic mass is 16.5. The second kappa shape index (κ2) is 4.57. The number of hydrogen-bond acceptors (Lipinski definition) is 3. The third-order valence-electron chi connectivity index (χ3n) is 3.34. The highest BCUT2D eigenvalue weighted by Gasteiger charge is 2.28. The van der Waals surface area contributed by atoms with Crippen molar-refractivity contribution in [3.8, 4) is 0 Å². The van der Waals surface area contributed by atoms with Crippen molar-refractivity contribution in [2.24, 2.45) is 0 Å². The van der Waals surface area contributed by atoms with Gasteiger partial charge < -0.3 is 15.8 Å². The molecular formula is C14H22N2O. The average Bonchev–Trinajstić information content (AvgIpc) is 2.22. The summed E-state index contributed by atoms with van der Waals surface area (Å²) in [5.41, 5.74) is 8.93. The number of nitrogens with two attached hydrogens (primary N) is 1. The first-order valence-electron chi connectivity index (χ1n) is 6.23. The SMILES string of the molecule is Cc1cc(NC2CCOC(C)(C)C2)ccc1N. The molecule has 0 bridgehead atoms. The third kappa shape index (κ3) is 3.13. The zero-order chi connectivity index (χ0) is 12.5. The van der Waals surface area contributed by atoms with Crippen molar-refractivity contribution in [3.05, 3.63) is 23.8 Å². The summed E-state index contributed by atoms with van der Waals surface area (Å²) in [6, 6.07) is 6.60. The lowest BCUT2D eigenvalue weighted by Gasteiger charge is -2.36. The van der Waals surface area contributed by atoms with E-state index in [-0.39, 0.29) is 5.60 Å². The molecule has 1 aromatic carbocycles. The Morgan fingerprint density at radius 1 is 1.41 bits per heavy atom. The van der Waals surface area contributed by atoms with Gasteiger partial charge >= 0.3 is 0 Å². The maximum Gasteiger partial charge on any atom is 0.0646 e. The van der Waals surface area contributed by atoms with E-state index in [1.165, 1.54) is 0 Å². The Morgan fingerprint density at radius 3 is 2.82 bits per heavy atom. The van der Waals surface area contributed by atoms with Gasteiger partial charge in [-0.25, -0.2) is 0 Å². The monoisotopic (exact) mass is 234 g/mol. The van der Waals surface area contributed by atoms with Gasteiger partial charge in [0.2, 0.25) is 0 Å². The molecule has 3 heteroatoms. The fourth-order valence-corrected chi connectivity index (χ4v) is 2.36. The highest BCUT2D eigenvalue weighted by molar-refractivity contribution is 5.57. The van der Waals surface area contributed by atoms with Crippen LogP contribution >= 0.6 is 0 Å². The summed E-state index contributed by atoms with van der Waals surface area (Å²) >= 11 is 0. The van der Waals surface area contributed by atoms with Gasteiger partial charge in [0.1, 0.15) is 0 Å². The topological polar surface area (TPSA) is 47.3 Å². The molecule has 0 saturated carbocycles. The first-order chi connectivity index (χ1) is 7.96. The Morgan fingerprint density at radius 2 is 2.18 bits per heavy atom. The number of benzene rings is 1. The van der Waals surface area contributed by atoms with Crippen LogP contribution in [0.1, 0.15) is 32.3 Å². The van der Waals surface area contributed by atoms with Crippen LogP contribution in [0.3, 0.4) is 0 Å². The molecular weight excluding hydrogens is 212 g/mol. The molecule has 1 aromatic rings. The maximum absolute atomic E-state index is 5.82. The van der Waals surface area contributed by atoms with Gasteiger partial charge in [0.15, 0.2) is 0 Å². The van der Waals surface area contributed by atoms with Gasteiger partial charge in [-0.2, -0.15) is 0 Å². The standard InChI is InChI=1S/C14H22N2O/c1-10-8-11(4-5-13(10)15)16-12-6-7-17-14(2,3)9-12/h4-5,8,12,16H,6-7,9,15H2,1-3H3. The van der Waals surface area contributed by atoms with Crippen LogP contribution in [0.25, 0.3) is 0 Å². The summed E-state index contributed by atoms with van der Waals surface area (Å²) in [6.45, 7) is 7.16. The number of rotatable bonds is 2. The van der Waals surface area contributed by atoms with Crippen molar-refractivity contribution in [1.29, 1.82) is 0 Å². The quantitative estimate of drug-likeness (QED) is 0.773. The van der Waals surface area contributed by atoms with E-state index in [0.29, 0.717) is 6.04 Å². The fraction of sp³-hybridized carbons (Fsp3) is 0.571. The number of anilines is 2. The predicted molar refractivity (Wildman–Crippen MR) is 72.3 cm³/mol. The number of nitrogen functional groups attached to an aromatic ring is 1. The van der Waals surface area contributed by atoms with Crippen LogP contribution in [0.15, 0.2) is 18.2 Å². The van der Waals surface area contributed by atoms with E-state index >= 15 is 0 Å². The molecule has 1 aliphatic heterocycles. The molecule has 0 aromatic heterocycles. The molecule has 3 nitrogen and oxygen atoms in total. The lowest BCUT2D eigenvalue weighted by molar-refractivity contribution is -0.0553. The third-order valence-corrected chi connectivity index (χ3v) is 3.34. The molecule has 3 N–H and O–H groups in total. The summed E-state index contributed by atoms with van der Waals surface area (Å²) < 4.78 is 5.72. The van der Waals surface area contributed by atoms with Crippen LogP contribution in [0.2, 0.25) is 0 Å². The Labute approximate surface area is 103 Å². The number of aryl methyl sites for hydroxylation is 1. The van der Waals surface area contributed by atoms with Crippen LogP contribution in [-0.2, 0) is 4.74 Å². The molecule has 1 heterocycles. The molecule has 0 aliphatic carbocycles. The Balaban J connectivity index is 2.03. The van der Waals surface area contributed by atoms with E-state index in [9.17, 15) is 0 Å². The van der Waals surface area contributed by atoms with Gasteiger partial charge in [-0.3, -0.25) is 0 Å². The van der Waals surface area contributed by atoms with Crippen molar-refractivity contribution in [2.75, 3.05) is 17.7 Å². The van der Waals surface area contributed by atoms with Crippen LogP contribution in [0.5, 0.6) is 0 Å². The van der Waals surface area contributed by atoms with Gasteiger partial charge in [-0.1, -0.05) is 0 Å². The minimum atomic E-state index is -0.0151. The van der Waals surface area contributed by atoms with Crippen LogP contribution in [0.4, 0.5) is 11.4 Å². The minimum Gasteiger partial charge on any atom is -0.399 e. The Kier molecular flexibility index (Phi) is 3.29. The summed E-state index contributed by atoms with van der Waals surface area (Å²) in [4.78, 5) is 0. The van der Waals surface area contributed by atoms with E-state index in [1.54, 1.807) is 0 Å².